The Morgan fingerprint density at radius 1 is 1.30 bits per heavy atom. The molecule has 1 aliphatic heterocycles. The van der Waals surface area contributed by atoms with Gasteiger partial charge in [0.15, 0.2) is 0 Å². The zero-order valence-electron chi connectivity index (χ0n) is 21.8. The van der Waals surface area contributed by atoms with E-state index in [0.717, 1.165) is 6.04 Å². The second-order valence-corrected chi connectivity index (χ2v) is 7.97. The van der Waals surface area contributed by atoms with E-state index in [4.69, 9.17) is 0 Å². The summed E-state index contributed by atoms with van der Waals surface area (Å²) in [5.74, 6) is -0.402. The Kier molecular flexibility index (Phi) is 19.6. The highest BCUT2D eigenvalue weighted by Crippen LogP contribution is 2.21. The van der Waals surface area contributed by atoms with Gasteiger partial charge in [0.05, 0.1) is 7.11 Å². The number of allylic oxidation sites excluding steroid dienone is 4. The van der Waals surface area contributed by atoms with Gasteiger partial charge in [-0.15, -0.1) is 0 Å². The summed E-state index contributed by atoms with van der Waals surface area (Å²) in [5, 5.41) is 0. The number of aromatic nitrogens is 1. The highest BCUT2D eigenvalue weighted by atomic mass is 16.5. The summed E-state index contributed by atoms with van der Waals surface area (Å²) in [4.78, 5) is 26.6. The number of nitrogens with zero attached hydrogens (tertiary/aromatic N) is 2. The molecule has 0 spiro atoms. The van der Waals surface area contributed by atoms with E-state index >= 15 is 0 Å². The second kappa shape index (κ2) is 19.9. The molecule has 186 valence electrons. The molecule has 1 aromatic heterocycles. The topological polar surface area (TPSA) is 68.7 Å². The first-order valence-corrected chi connectivity index (χ1v) is 11.4. The molecule has 0 aliphatic carbocycles. The number of hydrogen-bond acceptors (Lipinski definition) is 6. The summed E-state index contributed by atoms with van der Waals surface area (Å²) < 4.78 is 8.98. The first kappa shape index (κ1) is 32.4. The molecule has 0 radical (unpaired) electrons. The van der Waals surface area contributed by atoms with Crippen molar-refractivity contribution >= 4 is 12.4 Å². The molecule has 0 saturated carbocycles. The van der Waals surface area contributed by atoms with Crippen LogP contribution in [-0.2, 0) is 14.3 Å². The first-order chi connectivity index (χ1) is 15.7. The lowest BCUT2D eigenvalue weighted by atomic mass is 10.0. The molecule has 6 nitrogen and oxygen atoms in total. The molecule has 1 atom stereocenters. The van der Waals surface area contributed by atoms with Gasteiger partial charge >= 0.3 is 5.97 Å². The number of carbonyl (C=O) groups excluding carboxylic acids is 2. The smallest absolute Gasteiger partial charge is 0.356 e. The van der Waals surface area contributed by atoms with Gasteiger partial charge in [0.1, 0.15) is 11.3 Å². The highest BCUT2D eigenvalue weighted by molar-refractivity contribution is 5.86. The van der Waals surface area contributed by atoms with Crippen LogP contribution in [0.3, 0.4) is 0 Å². The van der Waals surface area contributed by atoms with Crippen molar-refractivity contribution in [3.63, 3.8) is 0 Å². The normalized spacial score (nSPS) is 15.6. The third-order valence-electron chi connectivity index (χ3n) is 4.42. The number of rotatable bonds is 6. The summed E-state index contributed by atoms with van der Waals surface area (Å²) in [6.45, 7) is 17.0. The summed E-state index contributed by atoms with van der Waals surface area (Å²) in [6.07, 6.45) is 13.6. The minimum absolute atomic E-state index is 0.318. The highest BCUT2D eigenvalue weighted by Gasteiger charge is 2.20. The number of esters is 1. The third kappa shape index (κ3) is 17.5. The molecular weight excluding hydrogens is 416 g/mol. The second-order valence-electron chi connectivity index (χ2n) is 7.97. The van der Waals surface area contributed by atoms with E-state index in [9.17, 15) is 9.59 Å². The lowest BCUT2D eigenvalue weighted by molar-refractivity contribution is -0.138. The summed E-state index contributed by atoms with van der Waals surface area (Å²) in [6, 6.07) is 5.83. The van der Waals surface area contributed by atoms with Gasteiger partial charge in [-0.25, -0.2) is 9.78 Å². The van der Waals surface area contributed by atoms with Crippen molar-refractivity contribution in [3.05, 3.63) is 66.5 Å². The maximum absolute atomic E-state index is 10.7. The molecule has 33 heavy (non-hydrogen) atoms. The molecule has 1 aromatic rings. The van der Waals surface area contributed by atoms with Crippen LogP contribution in [0.2, 0.25) is 0 Å². The monoisotopic (exact) mass is 460 g/mol. The van der Waals surface area contributed by atoms with Gasteiger partial charge < -0.3 is 14.4 Å². The number of methoxy groups -OCH3 is 1. The Balaban J connectivity index is 0. The van der Waals surface area contributed by atoms with Gasteiger partial charge in [-0.3, -0.25) is 4.79 Å². The number of likely N-dealkylation sites (tertiary alicyclic amines) is 1. The van der Waals surface area contributed by atoms with E-state index in [0.29, 0.717) is 12.2 Å². The Morgan fingerprint density at radius 3 is 2.33 bits per heavy atom. The molecule has 0 N–H and O–H groups in total. The average Bonchev–Trinajstić information content (AvgIpc) is 3.22. The minimum Gasteiger partial charge on any atom is -0.464 e. The first-order valence-electron chi connectivity index (χ1n) is 11.4. The van der Waals surface area contributed by atoms with Crippen LogP contribution < -0.4 is 0 Å². The molecule has 1 aliphatic rings. The largest absolute Gasteiger partial charge is 0.464 e. The van der Waals surface area contributed by atoms with E-state index in [1.807, 2.05) is 46.8 Å². The van der Waals surface area contributed by atoms with Gasteiger partial charge in [-0.1, -0.05) is 56.4 Å². The van der Waals surface area contributed by atoms with Crippen LogP contribution in [0.15, 0.2) is 60.9 Å². The van der Waals surface area contributed by atoms with Gasteiger partial charge in [-0.2, -0.15) is 0 Å². The van der Waals surface area contributed by atoms with Gasteiger partial charge in [0, 0.05) is 12.2 Å². The van der Waals surface area contributed by atoms with Crippen molar-refractivity contribution in [2.75, 3.05) is 20.7 Å². The van der Waals surface area contributed by atoms with Crippen LogP contribution in [0.4, 0.5) is 0 Å². The lowest BCUT2D eigenvalue weighted by Gasteiger charge is -2.19. The summed E-state index contributed by atoms with van der Waals surface area (Å²) >= 11 is 0. The standard InChI is InChI=1S/C13H21N.C7H7NO2.C5H10O2.C2H6/c1-4-6-8-12(5-2)11-13-9-7-10-14(13)3;1-10-7(9)6-4-2-3-5-8-6;1-5(2,3)7-4-6;1-2/h4-6,8,13H,1,7,9-11H2,2-3H3;2-5H,1H3;4H,1-3H3;1-2H3/b8-6-,12-5+;;;/t13-;;;/m0.../s1. The Hall–Kier alpha value is -2.73. The number of pyridine rings is 1. The minimum atomic E-state index is -0.402. The SMILES string of the molecule is C=C/C=C\C(=C/C)C[C@@H]1CCCN1C.CC.CC(C)(C)OC=O.COC(=O)c1ccccn1. The zero-order valence-corrected chi connectivity index (χ0v) is 21.8. The molecule has 2 rings (SSSR count). The Labute approximate surface area is 201 Å². The van der Waals surface area contributed by atoms with E-state index in [-0.39, 0.29) is 5.60 Å². The molecule has 0 bridgehead atoms. The average molecular weight is 461 g/mol. The summed E-state index contributed by atoms with van der Waals surface area (Å²) in [7, 11) is 3.55. The predicted octanol–water partition coefficient (Wildman–Crippen LogP) is 6.01. The van der Waals surface area contributed by atoms with Gasteiger partial charge in [0.2, 0.25) is 0 Å². The van der Waals surface area contributed by atoms with Crippen LogP contribution in [-0.4, -0.2) is 54.7 Å². The van der Waals surface area contributed by atoms with Crippen molar-refractivity contribution in [3.8, 4) is 0 Å². The van der Waals surface area contributed by atoms with Crippen LogP contribution >= 0.6 is 0 Å². The number of hydrogen-bond donors (Lipinski definition) is 0. The van der Waals surface area contributed by atoms with Crippen molar-refractivity contribution in [2.45, 2.75) is 72.4 Å². The van der Waals surface area contributed by atoms with Gasteiger partial charge in [-0.05, 0) is 72.7 Å². The number of ether oxygens (including phenoxy) is 2. The fraction of sp³-hybridized carbons (Fsp3) is 0.519. The van der Waals surface area contributed by atoms with E-state index in [2.05, 4.69) is 52.1 Å². The molecule has 1 saturated heterocycles. The third-order valence-corrected chi connectivity index (χ3v) is 4.42. The van der Waals surface area contributed by atoms with E-state index in [1.165, 1.54) is 38.5 Å². The maximum atomic E-state index is 10.7. The predicted molar refractivity (Wildman–Crippen MR) is 137 cm³/mol. The number of carbonyl (C=O) groups is 2. The van der Waals surface area contributed by atoms with Crippen LogP contribution in [0.5, 0.6) is 0 Å². The molecule has 6 heteroatoms. The van der Waals surface area contributed by atoms with Crippen LogP contribution in [0.25, 0.3) is 0 Å². The molecule has 0 amide bonds. The lowest BCUT2D eigenvalue weighted by Crippen LogP contribution is -2.24. The van der Waals surface area contributed by atoms with Crippen LogP contribution in [0.1, 0.15) is 71.3 Å². The van der Waals surface area contributed by atoms with E-state index < -0.39 is 5.97 Å². The van der Waals surface area contributed by atoms with Crippen molar-refractivity contribution in [1.29, 1.82) is 0 Å². The quantitative estimate of drug-likeness (QED) is 0.294. The molecular formula is C27H44N2O4. The fourth-order valence-corrected chi connectivity index (χ4v) is 2.72. The Morgan fingerprint density at radius 2 is 1.97 bits per heavy atom. The molecule has 0 unspecified atom stereocenters. The van der Waals surface area contributed by atoms with Crippen molar-refractivity contribution < 1.29 is 19.1 Å². The van der Waals surface area contributed by atoms with Crippen LogP contribution in [0, 0.1) is 0 Å². The maximum Gasteiger partial charge on any atom is 0.356 e. The molecule has 2 heterocycles. The molecule has 1 fully saturated rings. The Bertz CT molecular complexity index is 707. The zero-order chi connectivity index (χ0) is 25.7. The van der Waals surface area contributed by atoms with E-state index in [1.54, 1.807) is 24.4 Å². The van der Waals surface area contributed by atoms with Gasteiger partial charge in [0.25, 0.3) is 6.47 Å². The molecule has 0 aromatic carbocycles. The fourth-order valence-electron chi connectivity index (χ4n) is 2.72. The van der Waals surface area contributed by atoms with Crippen molar-refractivity contribution in [2.24, 2.45) is 0 Å². The summed E-state index contributed by atoms with van der Waals surface area (Å²) in [5.41, 5.74) is 1.44. The van der Waals surface area contributed by atoms with Crippen molar-refractivity contribution in [1.82, 2.24) is 9.88 Å².